The SMILES string of the molecule is O=C(O)c1c2nc(c(C(=O)O)c3cc(-c4ccccc4)c([nH]3)c(C(=O)O)c3nc(c(C(=O)O)c4ccc1[nH]4)C=C3)C=C2. The molecule has 0 radical (unpaired) electrons. The number of aromatic amines is 2. The predicted molar refractivity (Wildman–Crippen MR) is 152 cm³/mol. The van der Waals surface area contributed by atoms with Crippen molar-refractivity contribution < 1.29 is 39.6 Å². The molecule has 12 heteroatoms. The molecule has 6 N–H and O–H groups in total. The smallest absolute Gasteiger partial charge is 0.340 e. The van der Waals surface area contributed by atoms with Gasteiger partial charge in [0.1, 0.15) is 22.3 Å². The van der Waals surface area contributed by atoms with Gasteiger partial charge in [0.2, 0.25) is 0 Å². The molecule has 0 amide bonds. The average Bonchev–Trinajstić information content (AvgIpc) is 3.74. The molecule has 8 bridgehead atoms. The van der Waals surface area contributed by atoms with Gasteiger partial charge in [-0.1, -0.05) is 30.3 Å². The Balaban J connectivity index is 1.91. The van der Waals surface area contributed by atoms with Crippen molar-refractivity contribution in [3.8, 4) is 11.1 Å². The minimum Gasteiger partial charge on any atom is -0.478 e. The van der Waals surface area contributed by atoms with E-state index in [1.54, 1.807) is 30.3 Å². The summed E-state index contributed by atoms with van der Waals surface area (Å²) in [5, 5.41) is 40.7. The van der Waals surface area contributed by atoms with Crippen molar-refractivity contribution in [2.24, 2.45) is 0 Å². The lowest BCUT2D eigenvalue weighted by atomic mass is 10.0. The molecule has 2 aliphatic heterocycles. The zero-order valence-electron chi connectivity index (χ0n) is 21.2. The van der Waals surface area contributed by atoms with Crippen LogP contribution in [0.3, 0.4) is 0 Å². The van der Waals surface area contributed by atoms with Gasteiger partial charge in [0.05, 0.1) is 44.8 Å². The zero-order valence-corrected chi connectivity index (χ0v) is 21.2. The summed E-state index contributed by atoms with van der Waals surface area (Å²) in [5.41, 5.74) is -0.602. The van der Waals surface area contributed by atoms with Crippen LogP contribution in [-0.2, 0) is 0 Å². The van der Waals surface area contributed by atoms with E-state index in [-0.39, 0.29) is 67.1 Å². The lowest BCUT2D eigenvalue weighted by Gasteiger charge is -2.02. The number of hydrogen-bond acceptors (Lipinski definition) is 6. The average molecular weight is 562 g/mol. The molecular weight excluding hydrogens is 544 g/mol. The Morgan fingerprint density at radius 1 is 0.524 bits per heavy atom. The van der Waals surface area contributed by atoms with Crippen LogP contribution in [0.5, 0.6) is 0 Å². The van der Waals surface area contributed by atoms with E-state index in [1.807, 2.05) is 0 Å². The number of nitrogens with zero attached hydrogens (tertiary/aromatic N) is 2. The van der Waals surface area contributed by atoms with Gasteiger partial charge in [0, 0.05) is 5.56 Å². The van der Waals surface area contributed by atoms with E-state index in [2.05, 4.69) is 19.9 Å². The molecule has 2 aliphatic rings. The van der Waals surface area contributed by atoms with Crippen LogP contribution >= 0.6 is 0 Å². The molecule has 1 aromatic carbocycles. The standard InChI is InChI=1S/C30H18N4O8/c35-27(36)22-15-6-7-16(31-15)23(28(37)38)18-10-11-20(33-18)25(30(41)42)26-14(13-4-2-1-3-5-13)12-21(34-26)24(29(39)40)19-9-8-17(22)32-19/h1-12,31,34H,(H,35,36)(H,37,38)(H,39,40)(H,41,42). The third-order valence-electron chi connectivity index (χ3n) is 6.81. The first kappa shape index (κ1) is 26.0. The van der Waals surface area contributed by atoms with Crippen molar-refractivity contribution in [1.29, 1.82) is 0 Å². The molecule has 0 saturated carbocycles. The van der Waals surface area contributed by atoms with Gasteiger partial charge in [-0.3, -0.25) is 0 Å². The predicted octanol–water partition coefficient (Wildman–Crippen LogP) is 5.12. The molecule has 0 fully saturated rings. The molecule has 0 atom stereocenters. The molecule has 0 spiro atoms. The quantitative estimate of drug-likeness (QED) is 0.163. The van der Waals surface area contributed by atoms with Crippen LogP contribution in [-0.4, -0.2) is 64.2 Å². The van der Waals surface area contributed by atoms with Crippen LogP contribution in [0.25, 0.3) is 57.5 Å². The number of carbonyl (C=O) groups is 4. The highest BCUT2D eigenvalue weighted by molar-refractivity contribution is 6.09. The van der Waals surface area contributed by atoms with Crippen LogP contribution < -0.4 is 0 Å². The second-order valence-corrected chi connectivity index (χ2v) is 9.28. The van der Waals surface area contributed by atoms with Crippen molar-refractivity contribution in [2.75, 3.05) is 0 Å². The lowest BCUT2D eigenvalue weighted by Crippen LogP contribution is -2.04. The Bertz CT molecular complexity index is 2100. The number of fused-ring (bicyclic) bond motifs is 8. The van der Waals surface area contributed by atoms with Gasteiger partial charge in [-0.05, 0) is 48.1 Å². The van der Waals surface area contributed by atoms with E-state index < -0.39 is 23.9 Å². The first-order chi connectivity index (χ1) is 20.1. The van der Waals surface area contributed by atoms with Crippen LogP contribution in [0.1, 0.15) is 64.2 Å². The second-order valence-electron chi connectivity index (χ2n) is 9.28. The maximum Gasteiger partial charge on any atom is 0.340 e. The number of rotatable bonds is 5. The Labute approximate surface area is 234 Å². The first-order valence-corrected chi connectivity index (χ1v) is 12.3. The maximum atomic E-state index is 12.7. The number of aromatic nitrogens is 4. The fourth-order valence-corrected chi connectivity index (χ4v) is 5.03. The molecule has 3 aromatic heterocycles. The van der Waals surface area contributed by atoms with Gasteiger partial charge in [-0.15, -0.1) is 0 Å². The molecule has 0 aliphatic carbocycles. The van der Waals surface area contributed by atoms with Gasteiger partial charge in [-0.25, -0.2) is 29.1 Å². The molecular formula is C30H18N4O8. The van der Waals surface area contributed by atoms with E-state index >= 15 is 0 Å². The van der Waals surface area contributed by atoms with Crippen LogP contribution in [0.2, 0.25) is 0 Å². The summed E-state index contributed by atoms with van der Waals surface area (Å²) in [4.78, 5) is 64.3. The summed E-state index contributed by atoms with van der Waals surface area (Å²) in [5.74, 6) is -5.55. The second kappa shape index (κ2) is 9.71. The molecule has 12 nitrogen and oxygen atoms in total. The van der Waals surface area contributed by atoms with Crippen LogP contribution in [0, 0.1) is 0 Å². The summed E-state index contributed by atoms with van der Waals surface area (Å²) in [6.45, 7) is 0. The normalized spacial score (nSPS) is 11.9. The number of carboxylic acid groups (broad SMARTS) is 4. The number of hydrogen-bond donors (Lipinski definition) is 6. The minimum atomic E-state index is -1.39. The number of benzene rings is 1. The number of carboxylic acids is 4. The monoisotopic (exact) mass is 562 g/mol. The van der Waals surface area contributed by atoms with Gasteiger partial charge in [0.25, 0.3) is 0 Å². The third-order valence-corrected chi connectivity index (χ3v) is 6.81. The summed E-state index contributed by atoms with van der Waals surface area (Å²) in [6, 6.07) is 12.9. The van der Waals surface area contributed by atoms with E-state index in [0.29, 0.717) is 11.1 Å². The highest BCUT2D eigenvalue weighted by Crippen LogP contribution is 2.33. The van der Waals surface area contributed by atoms with Crippen molar-refractivity contribution >= 4 is 70.2 Å². The highest BCUT2D eigenvalue weighted by atomic mass is 16.4. The lowest BCUT2D eigenvalue weighted by molar-refractivity contribution is 0.0687. The number of aromatic carboxylic acids is 4. The molecule has 6 rings (SSSR count). The summed E-state index contributed by atoms with van der Waals surface area (Å²) < 4.78 is 0. The highest BCUT2D eigenvalue weighted by Gasteiger charge is 2.24. The van der Waals surface area contributed by atoms with Gasteiger partial charge in [0.15, 0.2) is 0 Å². The third kappa shape index (κ3) is 4.19. The molecule has 42 heavy (non-hydrogen) atoms. The zero-order chi connectivity index (χ0) is 29.7. The fourth-order valence-electron chi connectivity index (χ4n) is 5.03. The summed E-state index contributed by atoms with van der Waals surface area (Å²) in [6.07, 6.45) is 5.37. The summed E-state index contributed by atoms with van der Waals surface area (Å²) in [7, 11) is 0. The van der Waals surface area contributed by atoms with Crippen molar-refractivity contribution in [3.05, 3.63) is 93.6 Å². The molecule has 0 saturated heterocycles. The first-order valence-electron chi connectivity index (χ1n) is 12.3. The number of nitrogens with one attached hydrogen (secondary N) is 2. The summed E-state index contributed by atoms with van der Waals surface area (Å²) >= 11 is 0. The van der Waals surface area contributed by atoms with Gasteiger partial charge in [-0.2, -0.15) is 0 Å². The van der Waals surface area contributed by atoms with Crippen LogP contribution in [0.4, 0.5) is 0 Å². The van der Waals surface area contributed by atoms with E-state index in [0.717, 1.165) is 0 Å². The van der Waals surface area contributed by atoms with Crippen molar-refractivity contribution in [2.45, 2.75) is 0 Å². The van der Waals surface area contributed by atoms with Crippen molar-refractivity contribution in [3.63, 3.8) is 0 Å². The minimum absolute atomic E-state index is 0.00968. The van der Waals surface area contributed by atoms with Crippen LogP contribution in [0.15, 0.2) is 48.5 Å². The van der Waals surface area contributed by atoms with Gasteiger partial charge >= 0.3 is 23.9 Å². The molecule has 0 unspecified atom stereocenters. The Kier molecular flexibility index (Phi) is 6.00. The van der Waals surface area contributed by atoms with E-state index in [1.165, 1.54) is 42.5 Å². The Morgan fingerprint density at radius 3 is 1.40 bits per heavy atom. The molecule has 4 aromatic rings. The molecule has 5 heterocycles. The van der Waals surface area contributed by atoms with Gasteiger partial charge < -0.3 is 30.4 Å². The number of H-pyrrole nitrogens is 2. The Morgan fingerprint density at radius 2 is 0.952 bits per heavy atom. The topological polar surface area (TPSA) is 207 Å². The molecule has 206 valence electrons. The maximum absolute atomic E-state index is 12.7. The fraction of sp³-hybridized carbons (Fsp3) is 0. The van der Waals surface area contributed by atoms with Crippen molar-refractivity contribution in [1.82, 2.24) is 19.9 Å². The Hall–Kier alpha value is -6.30. The van der Waals surface area contributed by atoms with E-state index in [4.69, 9.17) is 0 Å². The largest absolute Gasteiger partial charge is 0.478 e. The van der Waals surface area contributed by atoms with E-state index in [9.17, 15) is 39.6 Å².